The van der Waals surface area contributed by atoms with Gasteiger partial charge in [0, 0.05) is 23.1 Å². The van der Waals surface area contributed by atoms with Crippen LogP contribution in [0.3, 0.4) is 0 Å². The van der Waals surface area contributed by atoms with Gasteiger partial charge in [-0.1, -0.05) is 78.9 Å². The number of benzene rings is 5. The highest BCUT2D eigenvalue weighted by Gasteiger charge is 2.30. The largest absolute Gasteiger partial charge is 0.306 e. The van der Waals surface area contributed by atoms with Gasteiger partial charge >= 0.3 is 0 Å². The van der Waals surface area contributed by atoms with E-state index in [4.69, 9.17) is 0 Å². The average molecular weight is 513 g/mol. The maximum Gasteiger partial charge on any atom is 0.0992 e. The van der Waals surface area contributed by atoms with E-state index in [2.05, 4.69) is 130 Å². The summed E-state index contributed by atoms with van der Waals surface area (Å²) in [5.41, 5.74) is 11.2. The molecule has 0 fully saturated rings. The molecule has 0 N–H and O–H groups in total. The quantitative estimate of drug-likeness (QED) is 0.235. The van der Waals surface area contributed by atoms with Gasteiger partial charge in [-0.25, -0.2) is 0 Å². The number of aromatic nitrogens is 1. The van der Waals surface area contributed by atoms with Gasteiger partial charge in [0.2, 0.25) is 0 Å². The fourth-order valence-corrected chi connectivity index (χ4v) is 5.50. The molecular weight excluding hydrogens is 488 g/mol. The molecule has 1 aromatic heterocycles. The summed E-state index contributed by atoms with van der Waals surface area (Å²) in [6, 6.07) is 50.3. The Morgan fingerprint density at radius 1 is 0.500 bits per heavy atom. The molecule has 0 bridgehead atoms. The van der Waals surface area contributed by atoms with E-state index in [1.165, 1.54) is 0 Å². The van der Waals surface area contributed by atoms with E-state index < -0.39 is 0 Å². The van der Waals surface area contributed by atoms with Crippen LogP contribution in [0.4, 0.5) is 34.1 Å². The average Bonchev–Trinajstić information content (AvgIpc) is 3.04. The van der Waals surface area contributed by atoms with Crippen LogP contribution >= 0.6 is 0 Å². The third-order valence-corrected chi connectivity index (χ3v) is 7.25. The van der Waals surface area contributed by atoms with Gasteiger partial charge in [-0.2, -0.15) is 5.26 Å². The molecule has 4 nitrogen and oxygen atoms in total. The smallest absolute Gasteiger partial charge is 0.0992 e. The highest BCUT2D eigenvalue weighted by molar-refractivity contribution is 6.01. The minimum Gasteiger partial charge on any atom is -0.306 e. The summed E-state index contributed by atoms with van der Waals surface area (Å²) in [6.07, 6.45) is 1.70. The van der Waals surface area contributed by atoms with Crippen LogP contribution in [-0.4, -0.2) is 4.98 Å². The standard InChI is InChI=1S/C36H24N4/c37-25-26-21-22-38-32(23-26)31-16-5-4-15-30(31)27-11-10-14-29(24-27)40-35-19-8-6-17-33(35)39(28-12-2-1-3-13-28)34-18-7-9-20-36(34)40/h1-24H. The van der Waals surface area contributed by atoms with Crippen molar-refractivity contribution < 1.29 is 0 Å². The highest BCUT2D eigenvalue weighted by Crippen LogP contribution is 2.54. The SMILES string of the molecule is N#Cc1ccnc(-c2ccccc2-c2cccc(N3c4ccccc4N(c4ccccc4)c4ccccc43)c2)c1. The van der Waals surface area contributed by atoms with Gasteiger partial charge in [0.25, 0.3) is 0 Å². The molecule has 0 saturated heterocycles. The van der Waals surface area contributed by atoms with Crippen molar-refractivity contribution in [3.63, 3.8) is 0 Å². The van der Waals surface area contributed by atoms with E-state index in [9.17, 15) is 5.26 Å². The van der Waals surface area contributed by atoms with Crippen LogP contribution < -0.4 is 9.80 Å². The number of hydrogen-bond acceptors (Lipinski definition) is 4. The van der Waals surface area contributed by atoms with Crippen LogP contribution in [-0.2, 0) is 0 Å². The van der Waals surface area contributed by atoms with Crippen LogP contribution in [0, 0.1) is 11.3 Å². The molecule has 4 heteroatoms. The minimum atomic E-state index is 0.595. The summed E-state index contributed by atoms with van der Waals surface area (Å²) in [5, 5.41) is 9.44. The summed E-state index contributed by atoms with van der Waals surface area (Å²) in [4.78, 5) is 9.25. The second-order valence-electron chi connectivity index (χ2n) is 9.62. The summed E-state index contributed by atoms with van der Waals surface area (Å²) < 4.78 is 0. The monoisotopic (exact) mass is 512 g/mol. The molecule has 0 radical (unpaired) electrons. The summed E-state index contributed by atoms with van der Waals surface area (Å²) in [6.45, 7) is 0. The minimum absolute atomic E-state index is 0.595. The number of para-hydroxylation sites is 5. The van der Waals surface area contributed by atoms with E-state index in [0.29, 0.717) is 5.56 Å². The molecule has 188 valence electrons. The zero-order valence-electron chi connectivity index (χ0n) is 21.6. The second kappa shape index (κ2) is 9.90. The van der Waals surface area contributed by atoms with Gasteiger partial charge in [0.05, 0.1) is 40.1 Å². The molecule has 5 aromatic carbocycles. The molecule has 2 heterocycles. The fourth-order valence-electron chi connectivity index (χ4n) is 5.50. The topological polar surface area (TPSA) is 43.2 Å². The molecule has 0 amide bonds. The Kier molecular flexibility index (Phi) is 5.81. The molecule has 7 rings (SSSR count). The lowest BCUT2D eigenvalue weighted by molar-refractivity contribution is 1.17. The molecule has 0 unspecified atom stereocenters. The molecule has 0 saturated carbocycles. The van der Waals surface area contributed by atoms with Crippen LogP contribution in [0.15, 0.2) is 146 Å². The molecule has 0 spiro atoms. The predicted molar refractivity (Wildman–Crippen MR) is 163 cm³/mol. The number of rotatable bonds is 4. The molecular formula is C36H24N4. The number of hydrogen-bond donors (Lipinski definition) is 0. The van der Waals surface area contributed by atoms with Crippen molar-refractivity contribution in [3.05, 3.63) is 151 Å². The van der Waals surface area contributed by atoms with Crippen molar-refractivity contribution in [1.82, 2.24) is 4.98 Å². The summed E-state index contributed by atoms with van der Waals surface area (Å²) in [5.74, 6) is 0. The molecule has 1 aliphatic heterocycles. The first-order valence-electron chi connectivity index (χ1n) is 13.2. The van der Waals surface area contributed by atoms with Gasteiger partial charge in [-0.3, -0.25) is 4.98 Å². The van der Waals surface area contributed by atoms with Gasteiger partial charge in [-0.15, -0.1) is 0 Å². The number of nitriles is 1. The maximum atomic E-state index is 9.44. The van der Waals surface area contributed by atoms with Gasteiger partial charge < -0.3 is 9.80 Å². The highest BCUT2D eigenvalue weighted by atomic mass is 15.3. The van der Waals surface area contributed by atoms with E-state index >= 15 is 0 Å². The lowest BCUT2D eigenvalue weighted by Gasteiger charge is -2.40. The Balaban J connectivity index is 1.39. The van der Waals surface area contributed by atoms with Crippen molar-refractivity contribution in [2.24, 2.45) is 0 Å². The number of fused-ring (bicyclic) bond motifs is 2. The zero-order valence-corrected chi connectivity index (χ0v) is 21.6. The lowest BCUT2D eigenvalue weighted by atomic mass is 9.96. The first-order valence-corrected chi connectivity index (χ1v) is 13.2. The first-order chi connectivity index (χ1) is 19.8. The number of pyridine rings is 1. The fraction of sp³-hybridized carbons (Fsp3) is 0. The van der Waals surface area contributed by atoms with Crippen molar-refractivity contribution in [1.29, 1.82) is 5.26 Å². The Labute approximate surface area is 233 Å². The van der Waals surface area contributed by atoms with Gasteiger partial charge in [0.15, 0.2) is 0 Å². The van der Waals surface area contributed by atoms with Crippen LogP contribution in [0.2, 0.25) is 0 Å². The summed E-state index contributed by atoms with van der Waals surface area (Å²) in [7, 11) is 0. The lowest BCUT2D eigenvalue weighted by Crippen LogP contribution is -2.23. The Hall–Kier alpha value is -5.66. The maximum absolute atomic E-state index is 9.44. The third kappa shape index (κ3) is 3.98. The zero-order chi connectivity index (χ0) is 26.9. The van der Waals surface area contributed by atoms with Crippen LogP contribution in [0.5, 0.6) is 0 Å². The van der Waals surface area contributed by atoms with Crippen molar-refractivity contribution in [2.45, 2.75) is 0 Å². The van der Waals surface area contributed by atoms with Gasteiger partial charge in [0.1, 0.15) is 0 Å². The van der Waals surface area contributed by atoms with E-state index in [-0.39, 0.29) is 0 Å². The Morgan fingerprint density at radius 2 is 1.05 bits per heavy atom. The molecule has 6 aromatic rings. The predicted octanol–water partition coefficient (Wildman–Crippen LogP) is 9.54. The van der Waals surface area contributed by atoms with E-state index in [0.717, 1.165) is 56.5 Å². The second-order valence-corrected chi connectivity index (χ2v) is 9.62. The Bertz CT molecular complexity index is 1840. The van der Waals surface area contributed by atoms with E-state index in [1.54, 1.807) is 12.3 Å². The van der Waals surface area contributed by atoms with E-state index in [1.807, 2.05) is 24.3 Å². The molecule has 1 aliphatic rings. The first kappa shape index (κ1) is 23.5. The number of nitrogens with zero attached hydrogens (tertiary/aromatic N) is 4. The molecule has 0 atom stereocenters. The summed E-state index contributed by atoms with van der Waals surface area (Å²) >= 11 is 0. The van der Waals surface area contributed by atoms with Crippen molar-refractivity contribution in [3.8, 4) is 28.5 Å². The van der Waals surface area contributed by atoms with Gasteiger partial charge in [-0.05, 0) is 71.8 Å². The van der Waals surface area contributed by atoms with Crippen LogP contribution in [0.1, 0.15) is 5.56 Å². The van der Waals surface area contributed by atoms with Crippen LogP contribution in [0.25, 0.3) is 22.4 Å². The van der Waals surface area contributed by atoms with Crippen molar-refractivity contribution in [2.75, 3.05) is 9.80 Å². The number of anilines is 6. The molecule has 40 heavy (non-hydrogen) atoms. The van der Waals surface area contributed by atoms with Crippen molar-refractivity contribution >= 4 is 34.1 Å². The molecule has 0 aliphatic carbocycles. The normalized spacial score (nSPS) is 11.9. The third-order valence-electron chi connectivity index (χ3n) is 7.25. The Morgan fingerprint density at radius 3 is 1.70 bits per heavy atom.